The maximum Gasteiger partial charge on any atom is 0.305 e. The predicted octanol–water partition coefficient (Wildman–Crippen LogP) is -0.915. The van der Waals surface area contributed by atoms with Crippen molar-refractivity contribution in [3.8, 4) is 0 Å². The summed E-state index contributed by atoms with van der Waals surface area (Å²) in [7, 11) is 3.01. The molecule has 0 N–H and O–H groups in total. The van der Waals surface area contributed by atoms with Crippen LogP contribution < -0.4 is 0 Å². The lowest BCUT2D eigenvalue weighted by molar-refractivity contribution is -0.141. The molecule has 0 aliphatic carbocycles. The molecule has 8 heteroatoms. The lowest BCUT2D eigenvalue weighted by atomic mass is 10.3. The number of tetrazole rings is 1. The fraction of sp³-hybridized carbons (Fsp3) is 0.667. The highest BCUT2D eigenvalue weighted by Crippen LogP contribution is 1.96. The van der Waals surface area contributed by atoms with Crippen LogP contribution in [0.25, 0.3) is 0 Å². The zero-order valence-corrected chi connectivity index (χ0v) is 9.87. The highest BCUT2D eigenvalue weighted by Gasteiger charge is 2.10. The predicted molar refractivity (Wildman–Crippen MR) is 56.7 cm³/mol. The van der Waals surface area contributed by atoms with E-state index in [1.807, 2.05) is 0 Å². The summed E-state index contributed by atoms with van der Waals surface area (Å²) in [5.74, 6) is -0.381. The lowest BCUT2D eigenvalue weighted by Gasteiger charge is -2.16. The fourth-order valence-corrected chi connectivity index (χ4v) is 1.20. The van der Waals surface area contributed by atoms with E-state index in [1.165, 1.54) is 23.0 Å². The van der Waals surface area contributed by atoms with Crippen LogP contribution in [0, 0.1) is 0 Å². The first kappa shape index (κ1) is 13.1. The van der Waals surface area contributed by atoms with E-state index in [-0.39, 0.29) is 18.4 Å². The number of ether oxygens (including phenoxy) is 1. The van der Waals surface area contributed by atoms with Gasteiger partial charge in [-0.2, -0.15) is 0 Å². The highest BCUT2D eigenvalue weighted by atomic mass is 16.5. The molecule has 0 saturated carbocycles. The molecule has 0 aliphatic heterocycles. The number of hydrogen-bond donors (Lipinski definition) is 0. The van der Waals surface area contributed by atoms with Crippen LogP contribution in [0.15, 0.2) is 6.33 Å². The zero-order chi connectivity index (χ0) is 12.7. The average molecular weight is 241 g/mol. The van der Waals surface area contributed by atoms with Crippen molar-refractivity contribution >= 4 is 11.9 Å². The number of carbonyl (C=O) groups excluding carboxylic acids is 2. The Balaban J connectivity index is 2.25. The minimum absolute atomic E-state index is 0.0989. The molecule has 0 aliphatic rings. The third-order valence-electron chi connectivity index (χ3n) is 2.22. The number of methoxy groups -OCH3 is 1. The number of nitrogens with zero attached hydrogens (tertiary/aromatic N) is 5. The normalized spacial score (nSPS) is 10.0. The number of aromatic nitrogens is 4. The molecule has 8 nitrogen and oxygen atoms in total. The van der Waals surface area contributed by atoms with Gasteiger partial charge in [-0.3, -0.25) is 9.59 Å². The van der Waals surface area contributed by atoms with Gasteiger partial charge < -0.3 is 9.64 Å². The van der Waals surface area contributed by atoms with Gasteiger partial charge in [-0.05, 0) is 16.8 Å². The first-order chi connectivity index (χ1) is 8.13. The molecule has 1 aromatic rings. The lowest BCUT2D eigenvalue weighted by Crippen LogP contribution is -2.31. The van der Waals surface area contributed by atoms with Gasteiger partial charge >= 0.3 is 5.97 Å². The maximum atomic E-state index is 11.6. The monoisotopic (exact) mass is 241 g/mol. The van der Waals surface area contributed by atoms with Crippen LogP contribution in [0.1, 0.15) is 12.8 Å². The van der Waals surface area contributed by atoms with Gasteiger partial charge in [0.05, 0.1) is 7.11 Å². The molecule has 0 spiro atoms. The van der Waals surface area contributed by atoms with Crippen LogP contribution in [0.4, 0.5) is 0 Å². The van der Waals surface area contributed by atoms with Gasteiger partial charge in [-0.1, -0.05) is 0 Å². The topological polar surface area (TPSA) is 90.2 Å². The number of esters is 1. The number of hydrogen-bond acceptors (Lipinski definition) is 6. The summed E-state index contributed by atoms with van der Waals surface area (Å²) >= 11 is 0. The number of rotatable bonds is 6. The van der Waals surface area contributed by atoms with Crippen molar-refractivity contribution in [3.63, 3.8) is 0 Å². The van der Waals surface area contributed by atoms with Crippen molar-refractivity contribution in [3.05, 3.63) is 6.33 Å². The standard InChI is InChI=1S/C9H15N5O3/c1-13(5-3-4-9(16)17-2)8(15)6-14-7-10-11-12-14/h7H,3-6H2,1-2H3. The molecule has 0 saturated heterocycles. The molecule has 0 radical (unpaired) electrons. The Bertz CT molecular complexity index is 365. The quantitative estimate of drug-likeness (QED) is 0.598. The van der Waals surface area contributed by atoms with E-state index in [4.69, 9.17) is 0 Å². The Hall–Kier alpha value is -1.99. The summed E-state index contributed by atoms with van der Waals surface area (Å²) in [6, 6.07) is 0. The molecule has 0 aromatic carbocycles. The van der Waals surface area contributed by atoms with E-state index >= 15 is 0 Å². The second-order valence-electron chi connectivity index (χ2n) is 3.50. The number of carbonyl (C=O) groups is 2. The van der Waals surface area contributed by atoms with Crippen LogP contribution >= 0.6 is 0 Å². The third kappa shape index (κ3) is 4.58. The van der Waals surface area contributed by atoms with Crippen molar-refractivity contribution in [1.29, 1.82) is 0 Å². The Morgan fingerprint density at radius 1 is 1.47 bits per heavy atom. The maximum absolute atomic E-state index is 11.6. The van der Waals surface area contributed by atoms with E-state index < -0.39 is 0 Å². The highest BCUT2D eigenvalue weighted by molar-refractivity contribution is 5.75. The first-order valence-electron chi connectivity index (χ1n) is 5.15. The van der Waals surface area contributed by atoms with Crippen LogP contribution in [-0.4, -0.2) is 57.7 Å². The molecule has 0 fully saturated rings. The SMILES string of the molecule is COC(=O)CCCN(C)C(=O)Cn1cnnn1. The second-order valence-corrected chi connectivity index (χ2v) is 3.50. The Morgan fingerprint density at radius 2 is 2.24 bits per heavy atom. The van der Waals surface area contributed by atoms with Crippen LogP contribution in [0.2, 0.25) is 0 Å². The molecule has 1 heterocycles. The van der Waals surface area contributed by atoms with Crippen molar-refractivity contribution < 1.29 is 14.3 Å². The van der Waals surface area contributed by atoms with Crippen molar-refractivity contribution in [2.75, 3.05) is 20.7 Å². The van der Waals surface area contributed by atoms with E-state index in [0.29, 0.717) is 19.4 Å². The molecule has 94 valence electrons. The Labute approximate surface area is 98.5 Å². The van der Waals surface area contributed by atoms with Crippen molar-refractivity contribution in [2.45, 2.75) is 19.4 Å². The van der Waals surface area contributed by atoms with Crippen LogP contribution in [0.3, 0.4) is 0 Å². The molecule has 0 bridgehead atoms. The summed E-state index contributed by atoms with van der Waals surface area (Å²) in [5, 5.41) is 10.5. The zero-order valence-electron chi connectivity index (χ0n) is 9.87. The van der Waals surface area contributed by atoms with Gasteiger partial charge in [0.2, 0.25) is 5.91 Å². The van der Waals surface area contributed by atoms with Crippen molar-refractivity contribution in [2.24, 2.45) is 0 Å². The fourth-order valence-electron chi connectivity index (χ4n) is 1.20. The first-order valence-corrected chi connectivity index (χ1v) is 5.15. The van der Waals surface area contributed by atoms with E-state index in [0.717, 1.165) is 0 Å². The summed E-state index contributed by atoms with van der Waals surface area (Å²) < 4.78 is 5.85. The average Bonchev–Trinajstić information content (AvgIpc) is 2.81. The van der Waals surface area contributed by atoms with Gasteiger partial charge in [0.1, 0.15) is 12.9 Å². The molecular weight excluding hydrogens is 226 g/mol. The summed E-state index contributed by atoms with van der Waals surface area (Å²) in [6.45, 7) is 0.595. The smallest absolute Gasteiger partial charge is 0.305 e. The Kier molecular flexibility index (Phi) is 5.05. The molecular formula is C9H15N5O3. The van der Waals surface area contributed by atoms with Gasteiger partial charge in [0.25, 0.3) is 0 Å². The summed E-state index contributed by atoms with van der Waals surface area (Å²) in [6.07, 6.45) is 2.25. The van der Waals surface area contributed by atoms with Crippen LogP contribution in [-0.2, 0) is 20.9 Å². The largest absolute Gasteiger partial charge is 0.469 e. The molecule has 1 rings (SSSR count). The Morgan fingerprint density at radius 3 is 2.82 bits per heavy atom. The van der Waals surface area contributed by atoms with Gasteiger partial charge in [0.15, 0.2) is 0 Å². The van der Waals surface area contributed by atoms with Crippen molar-refractivity contribution in [1.82, 2.24) is 25.1 Å². The van der Waals surface area contributed by atoms with E-state index in [9.17, 15) is 9.59 Å². The van der Waals surface area contributed by atoms with Gasteiger partial charge in [-0.15, -0.1) is 5.10 Å². The molecule has 1 amide bonds. The number of amides is 1. The van der Waals surface area contributed by atoms with E-state index in [1.54, 1.807) is 7.05 Å². The number of likely N-dealkylation sites (N-methyl/N-ethyl adjacent to an activating group) is 1. The minimum atomic E-state index is -0.272. The van der Waals surface area contributed by atoms with Gasteiger partial charge in [0, 0.05) is 20.0 Å². The molecule has 0 unspecified atom stereocenters. The summed E-state index contributed by atoms with van der Waals surface area (Å²) in [4.78, 5) is 24.0. The van der Waals surface area contributed by atoms with Gasteiger partial charge in [-0.25, -0.2) is 4.68 Å². The van der Waals surface area contributed by atoms with Crippen LogP contribution in [0.5, 0.6) is 0 Å². The molecule has 17 heavy (non-hydrogen) atoms. The minimum Gasteiger partial charge on any atom is -0.469 e. The van der Waals surface area contributed by atoms with E-state index in [2.05, 4.69) is 20.3 Å². The molecule has 1 aromatic heterocycles. The molecule has 0 atom stereocenters. The second kappa shape index (κ2) is 6.56. The summed E-state index contributed by atoms with van der Waals surface area (Å²) in [5.41, 5.74) is 0. The third-order valence-corrected chi connectivity index (χ3v) is 2.22.